The van der Waals surface area contributed by atoms with Crippen molar-refractivity contribution in [2.45, 2.75) is 44.9 Å². The Balaban J connectivity index is 1.49. The third-order valence-corrected chi connectivity index (χ3v) is 5.30. The maximum atomic E-state index is 5.32. The molecule has 1 aromatic carbocycles. The van der Waals surface area contributed by atoms with Gasteiger partial charge in [-0.25, -0.2) is 4.98 Å². The highest BCUT2D eigenvalue weighted by molar-refractivity contribution is 5.80. The van der Waals surface area contributed by atoms with E-state index < -0.39 is 0 Å². The third kappa shape index (κ3) is 5.45. The van der Waals surface area contributed by atoms with Gasteiger partial charge in [0.05, 0.1) is 7.11 Å². The highest BCUT2D eigenvalue weighted by Gasteiger charge is 2.26. The Morgan fingerprint density at radius 2 is 2.07 bits per heavy atom. The Morgan fingerprint density at radius 1 is 1.25 bits per heavy atom. The maximum Gasteiger partial charge on any atom is 0.218 e. The molecule has 150 valence electrons. The molecule has 2 unspecified atom stereocenters. The summed E-state index contributed by atoms with van der Waals surface area (Å²) in [5.41, 5.74) is 2.39. The Labute approximate surface area is 168 Å². The van der Waals surface area contributed by atoms with Crippen molar-refractivity contribution in [2.24, 2.45) is 4.99 Å². The van der Waals surface area contributed by atoms with Crippen LogP contribution in [-0.2, 0) is 13.1 Å². The molecule has 3 rings (SSSR count). The number of rotatable bonds is 6. The molecule has 2 N–H and O–H groups in total. The van der Waals surface area contributed by atoms with Gasteiger partial charge in [-0.1, -0.05) is 36.4 Å². The van der Waals surface area contributed by atoms with E-state index in [9.17, 15) is 0 Å². The average molecular weight is 382 g/mol. The first-order valence-corrected chi connectivity index (χ1v) is 9.92. The van der Waals surface area contributed by atoms with Gasteiger partial charge in [0.1, 0.15) is 0 Å². The zero-order valence-electron chi connectivity index (χ0n) is 17.1. The summed E-state index contributed by atoms with van der Waals surface area (Å²) in [5, 5.41) is 6.96. The van der Waals surface area contributed by atoms with Crippen LogP contribution in [0.1, 0.15) is 30.9 Å². The summed E-state index contributed by atoms with van der Waals surface area (Å²) in [4.78, 5) is 11.2. The van der Waals surface area contributed by atoms with Crippen LogP contribution in [0.2, 0.25) is 0 Å². The van der Waals surface area contributed by atoms with Crippen LogP contribution in [-0.4, -0.2) is 48.6 Å². The number of methoxy groups -OCH3 is 1. The van der Waals surface area contributed by atoms with Gasteiger partial charge in [-0.15, -0.1) is 0 Å². The Bertz CT molecular complexity index is 765. The molecule has 0 amide bonds. The van der Waals surface area contributed by atoms with Crippen molar-refractivity contribution >= 4 is 5.96 Å². The molecule has 6 nitrogen and oxygen atoms in total. The molecular formula is C22H31N5O. The second kappa shape index (κ2) is 10.1. The standard InChI is InChI=1S/C22H31N5O/c1-17-14-20(11-13-27(17)16-18-8-5-4-6-9-18)26-22(23-2)25-15-19-10-7-12-24-21(19)28-3/h4-10,12,17,20H,11,13-16H2,1-3H3,(H2,23,25,26). The first-order valence-electron chi connectivity index (χ1n) is 9.92. The van der Waals surface area contributed by atoms with E-state index in [0.717, 1.165) is 37.5 Å². The Hall–Kier alpha value is -2.60. The summed E-state index contributed by atoms with van der Waals surface area (Å²) in [5.74, 6) is 1.47. The number of nitrogens with zero attached hydrogens (tertiary/aromatic N) is 3. The minimum atomic E-state index is 0.420. The fourth-order valence-electron chi connectivity index (χ4n) is 3.71. The minimum Gasteiger partial charge on any atom is -0.481 e. The molecule has 1 aliphatic rings. The molecule has 1 aromatic heterocycles. The number of likely N-dealkylation sites (tertiary alicyclic amines) is 1. The number of nitrogens with one attached hydrogen (secondary N) is 2. The van der Waals surface area contributed by atoms with E-state index in [1.54, 1.807) is 13.3 Å². The van der Waals surface area contributed by atoms with Crippen LogP contribution < -0.4 is 15.4 Å². The molecular weight excluding hydrogens is 350 g/mol. The van der Waals surface area contributed by atoms with Crippen molar-refractivity contribution in [3.8, 4) is 5.88 Å². The van der Waals surface area contributed by atoms with Crippen LogP contribution >= 0.6 is 0 Å². The summed E-state index contributed by atoms with van der Waals surface area (Å²) in [6.45, 7) is 5.04. The predicted molar refractivity (Wildman–Crippen MR) is 113 cm³/mol. The van der Waals surface area contributed by atoms with E-state index >= 15 is 0 Å². The first-order chi connectivity index (χ1) is 13.7. The number of benzene rings is 1. The van der Waals surface area contributed by atoms with Crippen LogP contribution in [0.5, 0.6) is 5.88 Å². The smallest absolute Gasteiger partial charge is 0.218 e. The van der Waals surface area contributed by atoms with Gasteiger partial charge < -0.3 is 15.4 Å². The lowest BCUT2D eigenvalue weighted by Gasteiger charge is -2.38. The molecule has 2 heterocycles. The quantitative estimate of drug-likeness (QED) is 0.595. The molecule has 2 atom stereocenters. The number of hydrogen-bond donors (Lipinski definition) is 2. The minimum absolute atomic E-state index is 0.420. The molecule has 0 aliphatic carbocycles. The van der Waals surface area contributed by atoms with E-state index in [1.165, 1.54) is 5.56 Å². The van der Waals surface area contributed by atoms with Crippen molar-refractivity contribution in [1.82, 2.24) is 20.5 Å². The van der Waals surface area contributed by atoms with Gasteiger partial charge in [0.15, 0.2) is 5.96 Å². The zero-order chi connectivity index (χ0) is 19.8. The fourth-order valence-corrected chi connectivity index (χ4v) is 3.71. The van der Waals surface area contributed by atoms with Crippen molar-refractivity contribution in [2.75, 3.05) is 20.7 Å². The second-order valence-corrected chi connectivity index (χ2v) is 7.27. The molecule has 28 heavy (non-hydrogen) atoms. The molecule has 0 radical (unpaired) electrons. The van der Waals surface area contributed by atoms with Crippen LogP contribution in [0.3, 0.4) is 0 Å². The summed E-state index contributed by atoms with van der Waals surface area (Å²) in [6, 6.07) is 15.6. The summed E-state index contributed by atoms with van der Waals surface area (Å²) < 4.78 is 5.32. The monoisotopic (exact) mass is 381 g/mol. The lowest BCUT2D eigenvalue weighted by atomic mass is 9.97. The number of pyridine rings is 1. The highest BCUT2D eigenvalue weighted by atomic mass is 16.5. The molecule has 6 heteroatoms. The summed E-state index contributed by atoms with van der Waals surface area (Å²) >= 11 is 0. The van der Waals surface area contributed by atoms with E-state index in [0.29, 0.717) is 24.5 Å². The molecule has 0 bridgehead atoms. The first kappa shape index (κ1) is 20.1. The van der Waals surface area contributed by atoms with E-state index in [4.69, 9.17) is 4.74 Å². The van der Waals surface area contributed by atoms with Gasteiger partial charge in [-0.05, 0) is 31.4 Å². The van der Waals surface area contributed by atoms with Crippen molar-refractivity contribution in [3.05, 3.63) is 59.8 Å². The van der Waals surface area contributed by atoms with Crippen LogP contribution in [0.25, 0.3) is 0 Å². The van der Waals surface area contributed by atoms with Crippen LogP contribution in [0, 0.1) is 0 Å². The van der Waals surface area contributed by atoms with Gasteiger partial charge in [0.2, 0.25) is 5.88 Å². The molecule has 0 saturated carbocycles. The lowest BCUT2D eigenvalue weighted by molar-refractivity contribution is 0.134. The molecule has 0 spiro atoms. The number of piperidine rings is 1. The summed E-state index contributed by atoms with van der Waals surface area (Å²) in [7, 11) is 3.45. The van der Waals surface area contributed by atoms with Crippen molar-refractivity contribution in [3.63, 3.8) is 0 Å². The molecule has 2 aromatic rings. The highest BCUT2D eigenvalue weighted by Crippen LogP contribution is 2.20. The average Bonchev–Trinajstić information content (AvgIpc) is 2.74. The molecule has 1 aliphatic heterocycles. The van der Waals surface area contributed by atoms with Gasteiger partial charge in [-0.2, -0.15) is 0 Å². The zero-order valence-corrected chi connectivity index (χ0v) is 17.1. The number of hydrogen-bond acceptors (Lipinski definition) is 4. The van der Waals surface area contributed by atoms with E-state index in [-0.39, 0.29) is 0 Å². The fraction of sp³-hybridized carbons (Fsp3) is 0.455. The normalized spacial score (nSPS) is 20.6. The largest absolute Gasteiger partial charge is 0.481 e. The Kier molecular flexibility index (Phi) is 7.25. The second-order valence-electron chi connectivity index (χ2n) is 7.27. The van der Waals surface area contributed by atoms with Crippen molar-refractivity contribution in [1.29, 1.82) is 0 Å². The maximum absolute atomic E-state index is 5.32. The predicted octanol–water partition coefficient (Wildman–Crippen LogP) is 2.81. The van der Waals surface area contributed by atoms with Gasteiger partial charge in [-0.3, -0.25) is 9.89 Å². The molecule has 1 fully saturated rings. The number of aromatic nitrogens is 1. The van der Waals surface area contributed by atoms with Gasteiger partial charge in [0.25, 0.3) is 0 Å². The van der Waals surface area contributed by atoms with Crippen LogP contribution in [0.4, 0.5) is 0 Å². The van der Waals surface area contributed by atoms with Crippen LogP contribution in [0.15, 0.2) is 53.7 Å². The SMILES string of the molecule is CN=C(NCc1cccnc1OC)NC1CCN(Cc2ccccc2)C(C)C1. The summed E-state index contributed by atoms with van der Waals surface area (Å²) in [6.07, 6.45) is 3.94. The lowest BCUT2D eigenvalue weighted by Crippen LogP contribution is -2.51. The Morgan fingerprint density at radius 3 is 2.79 bits per heavy atom. The number of guanidine groups is 1. The number of ether oxygens (including phenoxy) is 1. The van der Waals surface area contributed by atoms with Gasteiger partial charge in [0, 0.05) is 50.5 Å². The third-order valence-electron chi connectivity index (χ3n) is 5.30. The topological polar surface area (TPSA) is 61.8 Å². The van der Waals surface area contributed by atoms with Gasteiger partial charge >= 0.3 is 0 Å². The number of aliphatic imine (C=N–C) groups is 1. The van der Waals surface area contributed by atoms with Crippen molar-refractivity contribution < 1.29 is 4.74 Å². The van der Waals surface area contributed by atoms with E-state index in [2.05, 4.69) is 62.8 Å². The van der Waals surface area contributed by atoms with E-state index in [1.807, 2.05) is 19.2 Å². The molecule has 1 saturated heterocycles.